The molecule has 8 heteroatoms. The molecule has 2 amide bonds. The molecule has 40 heavy (non-hydrogen) atoms. The maximum atomic E-state index is 12.3. The van der Waals surface area contributed by atoms with Gasteiger partial charge in [-0.2, -0.15) is 0 Å². The zero-order valence-corrected chi connectivity index (χ0v) is 23.8. The van der Waals surface area contributed by atoms with Crippen molar-refractivity contribution in [3.05, 3.63) is 102 Å². The Morgan fingerprint density at radius 1 is 0.850 bits per heavy atom. The van der Waals surface area contributed by atoms with E-state index in [4.69, 9.17) is 4.42 Å². The van der Waals surface area contributed by atoms with Crippen molar-refractivity contribution >= 4 is 42.4 Å². The van der Waals surface area contributed by atoms with Crippen LogP contribution in [-0.2, 0) is 6.42 Å². The first kappa shape index (κ1) is 26.7. The molecule has 0 saturated carbocycles. The largest absolute Gasteiger partial charge is 0.436 e. The maximum absolute atomic E-state index is 12.3. The minimum Gasteiger partial charge on any atom is -0.436 e. The molecule has 0 radical (unpaired) electrons. The molecule has 0 bridgehead atoms. The van der Waals surface area contributed by atoms with Crippen molar-refractivity contribution in [3.8, 4) is 22.8 Å². The Labute approximate surface area is 235 Å². The van der Waals surface area contributed by atoms with E-state index in [0.29, 0.717) is 23.8 Å². The number of aromatic nitrogens is 2. The molecule has 0 aliphatic heterocycles. The Kier molecular flexibility index (Phi) is 7.94. The topological polar surface area (TPSA) is 92.1 Å². The maximum Gasteiger partial charge on any atom is 0.323 e. The Hall–Kier alpha value is -4.87. The van der Waals surface area contributed by atoms with Crippen molar-refractivity contribution in [1.29, 1.82) is 0 Å². The fraction of sp³-hybridized carbons (Fsp3) is 0.156. The number of carbonyl (C=O) groups is 1. The van der Waals surface area contributed by atoms with Gasteiger partial charge in [0.05, 0.1) is 10.9 Å². The Bertz CT molecular complexity index is 1670. The summed E-state index contributed by atoms with van der Waals surface area (Å²) in [5.74, 6) is 4.83. The van der Waals surface area contributed by atoms with Gasteiger partial charge in [0.15, 0.2) is 5.76 Å². The third kappa shape index (κ3) is 6.76. The summed E-state index contributed by atoms with van der Waals surface area (Å²) in [6.45, 7) is 7.31. The number of nitrogens with zero attached hydrogens (tertiary/aromatic N) is 2. The van der Waals surface area contributed by atoms with Gasteiger partial charge in [-0.05, 0) is 36.2 Å². The van der Waals surface area contributed by atoms with Gasteiger partial charge in [-0.25, -0.2) is 14.8 Å². The van der Waals surface area contributed by atoms with Crippen molar-refractivity contribution < 1.29 is 9.21 Å². The van der Waals surface area contributed by atoms with Crippen molar-refractivity contribution in [3.63, 3.8) is 0 Å². The first-order valence-corrected chi connectivity index (χ1v) is 16.7. The van der Waals surface area contributed by atoms with Gasteiger partial charge in [0.1, 0.15) is 20.2 Å². The second-order valence-corrected chi connectivity index (χ2v) is 15.1. The molecule has 2 heterocycles. The Balaban J connectivity index is 1.30. The molecule has 2 aromatic heterocycles. The quantitative estimate of drug-likeness (QED) is 0.146. The summed E-state index contributed by atoms with van der Waals surface area (Å²) in [5, 5.41) is 9.95. The normalized spacial score (nSPS) is 11.0. The number of rotatable bonds is 7. The summed E-state index contributed by atoms with van der Waals surface area (Å²) >= 11 is 0. The number of hydrogen-bond donors (Lipinski definition) is 3. The van der Waals surface area contributed by atoms with Gasteiger partial charge < -0.3 is 20.4 Å². The zero-order valence-electron chi connectivity index (χ0n) is 22.8. The van der Waals surface area contributed by atoms with Gasteiger partial charge in [-0.15, -0.1) is 5.54 Å². The number of anilines is 3. The minimum atomic E-state index is -1.64. The second-order valence-electron chi connectivity index (χ2n) is 10.4. The van der Waals surface area contributed by atoms with Crippen LogP contribution in [0.25, 0.3) is 22.4 Å². The summed E-state index contributed by atoms with van der Waals surface area (Å²) < 4.78 is 6.22. The van der Waals surface area contributed by atoms with Crippen LogP contribution in [0.5, 0.6) is 0 Å². The molecule has 0 fully saturated rings. The summed E-state index contributed by atoms with van der Waals surface area (Å²) in [5.41, 5.74) is 8.36. The van der Waals surface area contributed by atoms with Crippen LogP contribution >= 0.6 is 0 Å². The van der Waals surface area contributed by atoms with E-state index in [9.17, 15) is 4.79 Å². The number of benzene rings is 3. The standard InChI is InChI=1S/C32H31N5O2Si/c1-40(2,3)21-19-27-28-30(34-22-35-31(28)39-29(27)24-10-6-4-7-11-24)33-20-18-23-14-16-26(17-15-23)37-32(38)36-25-12-8-5-9-13-25/h4-17,22H,18,20H2,1-3H3,(H,33,34,35)(H2,36,37,38). The number of hydrogen-bond acceptors (Lipinski definition) is 5. The molecular formula is C32H31N5O2Si. The predicted octanol–water partition coefficient (Wildman–Crippen LogP) is 7.42. The smallest absolute Gasteiger partial charge is 0.323 e. The Morgan fingerprint density at radius 3 is 2.17 bits per heavy atom. The van der Waals surface area contributed by atoms with E-state index in [2.05, 4.69) is 57.0 Å². The van der Waals surface area contributed by atoms with Gasteiger partial charge in [-0.1, -0.05) is 86.2 Å². The lowest BCUT2D eigenvalue weighted by Crippen LogP contribution is -2.19. The van der Waals surface area contributed by atoms with Gasteiger partial charge in [0.25, 0.3) is 0 Å². The van der Waals surface area contributed by atoms with E-state index in [1.165, 1.54) is 6.33 Å². The lowest BCUT2D eigenvalue weighted by Gasteiger charge is -2.09. The number of nitrogens with one attached hydrogen (secondary N) is 3. The fourth-order valence-electron chi connectivity index (χ4n) is 4.12. The van der Waals surface area contributed by atoms with Gasteiger partial charge in [0, 0.05) is 23.5 Å². The molecule has 5 aromatic rings. The first-order chi connectivity index (χ1) is 19.4. The number of amides is 2. The van der Waals surface area contributed by atoms with E-state index < -0.39 is 8.07 Å². The molecule has 0 aliphatic rings. The lowest BCUT2D eigenvalue weighted by molar-refractivity contribution is 0.262. The second kappa shape index (κ2) is 11.9. The van der Waals surface area contributed by atoms with E-state index in [-0.39, 0.29) is 6.03 Å². The van der Waals surface area contributed by atoms with Crippen LogP contribution in [-0.4, -0.2) is 30.6 Å². The van der Waals surface area contributed by atoms with Crippen LogP contribution in [0.2, 0.25) is 19.6 Å². The average molecular weight is 546 g/mol. The van der Waals surface area contributed by atoms with Crippen molar-refractivity contribution in [2.24, 2.45) is 0 Å². The van der Waals surface area contributed by atoms with Gasteiger partial charge in [-0.3, -0.25) is 0 Å². The van der Waals surface area contributed by atoms with Crippen LogP contribution in [0.1, 0.15) is 11.1 Å². The highest BCUT2D eigenvalue weighted by Crippen LogP contribution is 2.35. The minimum absolute atomic E-state index is 0.281. The number of para-hydroxylation sites is 1. The highest BCUT2D eigenvalue weighted by molar-refractivity contribution is 6.83. The van der Waals surface area contributed by atoms with Gasteiger partial charge >= 0.3 is 6.03 Å². The third-order valence-electron chi connectivity index (χ3n) is 6.04. The third-order valence-corrected chi connectivity index (χ3v) is 6.91. The Morgan fingerprint density at radius 2 is 1.50 bits per heavy atom. The summed E-state index contributed by atoms with van der Waals surface area (Å²) in [7, 11) is -1.64. The molecule has 0 aliphatic carbocycles. The van der Waals surface area contributed by atoms with E-state index >= 15 is 0 Å². The molecule has 7 nitrogen and oxygen atoms in total. The number of urea groups is 1. The zero-order chi connectivity index (χ0) is 28.0. The number of carbonyl (C=O) groups excluding carboxylic acids is 1. The van der Waals surface area contributed by atoms with Crippen molar-refractivity contribution in [2.75, 3.05) is 22.5 Å². The SMILES string of the molecule is C[Si](C)(C)C#Cc1c(-c2ccccc2)oc2ncnc(NCCc3ccc(NC(=O)Nc4ccccc4)cc3)c12. The van der Waals surface area contributed by atoms with E-state index in [0.717, 1.165) is 39.9 Å². The van der Waals surface area contributed by atoms with Crippen molar-refractivity contribution in [1.82, 2.24) is 9.97 Å². The lowest BCUT2D eigenvalue weighted by atomic mass is 10.1. The molecule has 0 spiro atoms. The first-order valence-electron chi connectivity index (χ1n) is 13.2. The molecule has 0 saturated heterocycles. The number of furan rings is 1. The molecule has 200 valence electrons. The van der Waals surface area contributed by atoms with E-state index in [1.807, 2.05) is 84.9 Å². The molecule has 3 N–H and O–H groups in total. The van der Waals surface area contributed by atoms with E-state index in [1.54, 1.807) is 0 Å². The number of fused-ring (bicyclic) bond motifs is 1. The molecule has 5 rings (SSSR count). The molecule has 0 atom stereocenters. The fourth-order valence-corrected chi connectivity index (χ4v) is 4.62. The monoisotopic (exact) mass is 545 g/mol. The molecule has 3 aromatic carbocycles. The van der Waals surface area contributed by atoms with Gasteiger partial charge in [0.2, 0.25) is 5.71 Å². The molecular weight excluding hydrogens is 514 g/mol. The van der Waals surface area contributed by atoms with Crippen LogP contribution in [0.4, 0.5) is 22.0 Å². The van der Waals surface area contributed by atoms with Crippen LogP contribution < -0.4 is 16.0 Å². The van der Waals surface area contributed by atoms with Crippen LogP contribution in [0.3, 0.4) is 0 Å². The van der Waals surface area contributed by atoms with Crippen molar-refractivity contribution in [2.45, 2.75) is 26.1 Å². The summed E-state index contributed by atoms with van der Waals surface area (Å²) in [6.07, 6.45) is 2.28. The average Bonchev–Trinajstić information content (AvgIpc) is 3.33. The highest BCUT2D eigenvalue weighted by Gasteiger charge is 2.20. The van der Waals surface area contributed by atoms with Crippen LogP contribution in [0.15, 0.2) is 95.7 Å². The summed E-state index contributed by atoms with van der Waals surface area (Å²) in [4.78, 5) is 21.2. The molecule has 0 unspecified atom stereocenters. The highest BCUT2D eigenvalue weighted by atomic mass is 28.3. The predicted molar refractivity (Wildman–Crippen MR) is 165 cm³/mol. The summed E-state index contributed by atoms with van der Waals surface area (Å²) in [6, 6.07) is 26.9. The van der Waals surface area contributed by atoms with Crippen LogP contribution in [0, 0.1) is 11.5 Å².